The Morgan fingerprint density at radius 3 is 2.42 bits per heavy atom. The molecular formula is C18H24N6O2. The van der Waals surface area contributed by atoms with Gasteiger partial charge in [0.25, 0.3) is 5.56 Å². The fourth-order valence-electron chi connectivity index (χ4n) is 3.08. The van der Waals surface area contributed by atoms with Gasteiger partial charge in [-0.3, -0.25) is 18.5 Å². The first-order valence-electron chi connectivity index (χ1n) is 8.69. The molecule has 0 amide bonds. The number of hydrazone groups is 1. The van der Waals surface area contributed by atoms with Crippen molar-refractivity contribution < 1.29 is 0 Å². The summed E-state index contributed by atoms with van der Waals surface area (Å²) in [5.41, 5.74) is 0.996. The molecule has 26 heavy (non-hydrogen) atoms. The van der Waals surface area contributed by atoms with E-state index in [1.807, 2.05) is 50.5 Å². The fourth-order valence-corrected chi connectivity index (χ4v) is 3.08. The number of aryl methyl sites for hydroxylation is 1. The van der Waals surface area contributed by atoms with Crippen LogP contribution in [0.5, 0.6) is 0 Å². The second-order valence-electron chi connectivity index (χ2n) is 6.35. The molecule has 0 radical (unpaired) electrons. The van der Waals surface area contributed by atoms with Crippen molar-refractivity contribution in [3.8, 4) is 0 Å². The van der Waals surface area contributed by atoms with E-state index in [-0.39, 0.29) is 23.8 Å². The summed E-state index contributed by atoms with van der Waals surface area (Å²) in [5.74, 6) is 0.576. The third-order valence-corrected chi connectivity index (χ3v) is 4.70. The Labute approximate surface area is 151 Å². The van der Waals surface area contributed by atoms with Crippen LogP contribution in [-0.4, -0.2) is 30.9 Å². The van der Waals surface area contributed by atoms with Crippen LogP contribution in [0.25, 0.3) is 11.2 Å². The second-order valence-corrected chi connectivity index (χ2v) is 6.35. The zero-order valence-electron chi connectivity index (χ0n) is 15.8. The van der Waals surface area contributed by atoms with Crippen molar-refractivity contribution in [2.24, 2.45) is 12.1 Å². The van der Waals surface area contributed by atoms with Crippen LogP contribution >= 0.6 is 0 Å². The number of aromatic nitrogens is 4. The molecule has 2 aromatic rings. The SMILES string of the molecule is C/C=C/CN1N=C(C)C(C)n2c1nc1c2c(=O)n(C/C=C/C)c(=O)n1C. The van der Waals surface area contributed by atoms with E-state index in [0.717, 1.165) is 5.71 Å². The largest absolute Gasteiger partial charge is 0.332 e. The zero-order valence-corrected chi connectivity index (χ0v) is 15.8. The maximum absolute atomic E-state index is 13.1. The quantitative estimate of drug-likeness (QED) is 0.783. The number of imidazole rings is 1. The number of anilines is 1. The molecular weight excluding hydrogens is 332 g/mol. The highest BCUT2D eigenvalue weighted by Crippen LogP contribution is 2.29. The molecule has 1 unspecified atom stereocenters. The smallest absolute Gasteiger partial charge is 0.294 e. The Bertz CT molecular complexity index is 1050. The van der Waals surface area contributed by atoms with Gasteiger partial charge in [0.05, 0.1) is 18.3 Å². The van der Waals surface area contributed by atoms with Crippen LogP contribution in [0.4, 0.5) is 5.95 Å². The lowest BCUT2D eigenvalue weighted by Gasteiger charge is -2.28. The molecule has 0 saturated carbocycles. The van der Waals surface area contributed by atoms with E-state index in [9.17, 15) is 9.59 Å². The van der Waals surface area contributed by atoms with Crippen molar-refractivity contribution in [1.29, 1.82) is 0 Å². The lowest BCUT2D eigenvalue weighted by atomic mass is 10.2. The Kier molecular flexibility index (Phi) is 4.67. The third kappa shape index (κ3) is 2.61. The lowest BCUT2D eigenvalue weighted by Crippen LogP contribution is -2.40. The van der Waals surface area contributed by atoms with Gasteiger partial charge >= 0.3 is 5.69 Å². The summed E-state index contributed by atoms with van der Waals surface area (Å²) in [6.45, 7) is 8.50. The summed E-state index contributed by atoms with van der Waals surface area (Å²) in [5, 5.41) is 6.36. The molecule has 0 saturated heterocycles. The summed E-state index contributed by atoms with van der Waals surface area (Å²) in [6.07, 6.45) is 7.52. The highest BCUT2D eigenvalue weighted by molar-refractivity contribution is 5.91. The van der Waals surface area contributed by atoms with Gasteiger partial charge in [0.2, 0.25) is 5.95 Å². The number of hydrogen-bond donors (Lipinski definition) is 0. The van der Waals surface area contributed by atoms with Crippen LogP contribution in [0.2, 0.25) is 0 Å². The van der Waals surface area contributed by atoms with Crippen molar-refractivity contribution in [3.63, 3.8) is 0 Å². The second kappa shape index (κ2) is 6.78. The Hall–Kier alpha value is -2.90. The van der Waals surface area contributed by atoms with Crippen LogP contribution < -0.4 is 16.3 Å². The van der Waals surface area contributed by atoms with E-state index >= 15 is 0 Å². The molecule has 1 aliphatic heterocycles. The minimum Gasteiger partial charge on any atom is -0.294 e. The summed E-state index contributed by atoms with van der Waals surface area (Å²) in [4.78, 5) is 30.3. The van der Waals surface area contributed by atoms with Crippen LogP contribution in [0.1, 0.15) is 33.7 Å². The first-order chi connectivity index (χ1) is 12.4. The molecule has 3 rings (SSSR count). The van der Waals surface area contributed by atoms with Crippen molar-refractivity contribution in [2.45, 2.75) is 40.3 Å². The molecule has 3 heterocycles. The van der Waals surface area contributed by atoms with Crippen molar-refractivity contribution in [1.82, 2.24) is 18.7 Å². The van der Waals surface area contributed by atoms with Crippen molar-refractivity contribution in [2.75, 3.05) is 11.6 Å². The van der Waals surface area contributed by atoms with Crippen LogP contribution in [0, 0.1) is 0 Å². The van der Waals surface area contributed by atoms with E-state index in [0.29, 0.717) is 23.7 Å². The van der Waals surface area contributed by atoms with Gasteiger partial charge in [-0.25, -0.2) is 9.80 Å². The Balaban J connectivity index is 2.36. The molecule has 8 nitrogen and oxygen atoms in total. The predicted molar refractivity (Wildman–Crippen MR) is 104 cm³/mol. The summed E-state index contributed by atoms with van der Waals surface area (Å²) in [6, 6.07) is -0.114. The van der Waals surface area contributed by atoms with Gasteiger partial charge < -0.3 is 0 Å². The third-order valence-electron chi connectivity index (χ3n) is 4.70. The van der Waals surface area contributed by atoms with Crippen LogP contribution in [0.15, 0.2) is 39.0 Å². The standard InChI is InChI=1S/C18H24N6O2/c1-6-8-10-22-16(25)14-15(21(5)18(22)26)19-17-23(11-9-7-2)20-12(3)13(4)24(14)17/h6-9,13H,10-11H2,1-5H3/b8-6+,9-7+. The molecule has 0 N–H and O–H groups in total. The summed E-state index contributed by atoms with van der Waals surface area (Å²) < 4.78 is 4.55. The van der Waals surface area contributed by atoms with E-state index in [1.54, 1.807) is 18.1 Å². The highest BCUT2D eigenvalue weighted by atomic mass is 16.2. The van der Waals surface area contributed by atoms with E-state index < -0.39 is 0 Å². The maximum atomic E-state index is 13.1. The minimum atomic E-state index is -0.374. The lowest BCUT2D eigenvalue weighted by molar-refractivity contribution is 0.638. The Morgan fingerprint density at radius 1 is 1.12 bits per heavy atom. The van der Waals surface area contributed by atoms with Crippen molar-refractivity contribution >= 4 is 22.8 Å². The molecule has 0 fully saturated rings. The Morgan fingerprint density at radius 2 is 1.77 bits per heavy atom. The molecule has 0 bridgehead atoms. The molecule has 1 atom stereocenters. The van der Waals surface area contributed by atoms with Gasteiger partial charge in [-0.05, 0) is 27.7 Å². The predicted octanol–water partition coefficient (Wildman–Crippen LogP) is 1.81. The first kappa shape index (κ1) is 17.9. The van der Waals surface area contributed by atoms with E-state index in [1.165, 1.54) is 9.13 Å². The van der Waals surface area contributed by atoms with Gasteiger partial charge in [0.15, 0.2) is 11.2 Å². The van der Waals surface area contributed by atoms with Gasteiger partial charge in [-0.2, -0.15) is 10.1 Å². The molecule has 0 aromatic carbocycles. The highest BCUT2D eigenvalue weighted by Gasteiger charge is 2.30. The van der Waals surface area contributed by atoms with Gasteiger partial charge in [-0.1, -0.05) is 24.3 Å². The van der Waals surface area contributed by atoms with E-state index in [2.05, 4.69) is 10.1 Å². The van der Waals surface area contributed by atoms with Crippen LogP contribution in [0.3, 0.4) is 0 Å². The molecule has 0 aliphatic carbocycles. The topological polar surface area (TPSA) is 77.4 Å². The number of nitrogens with zero attached hydrogens (tertiary/aromatic N) is 6. The average molecular weight is 356 g/mol. The molecule has 138 valence electrons. The average Bonchev–Trinajstić information content (AvgIpc) is 3.03. The van der Waals surface area contributed by atoms with Gasteiger partial charge in [-0.15, -0.1) is 0 Å². The molecule has 2 aromatic heterocycles. The molecule has 8 heteroatoms. The van der Waals surface area contributed by atoms with Gasteiger partial charge in [0.1, 0.15) is 0 Å². The monoisotopic (exact) mass is 356 g/mol. The maximum Gasteiger partial charge on any atom is 0.332 e. The first-order valence-corrected chi connectivity index (χ1v) is 8.69. The molecule has 0 spiro atoms. The van der Waals surface area contributed by atoms with E-state index in [4.69, 9.17) is 0 Å². The number of rotatable bonds is 4. The zero-order chi connectivity index (χ0) is 19.0. The summed E-state index contributed by atoms with van der Waals surface area (Å²) >= 11 is 0. The number of allylic oxidation sites excluding steroid dienone is 3. The number of fused-ring (bicyclic) bond motifs is 3. The van der Waals surface area contributed by atoms with Crippen LogP contribution in [-0.2, 0) is 13.6 Å². The number of hydrogen-bond acceptors (Lipinski definition) is 5. The normalized spacial score (nSPS) is 17.5. The molecule has 1 aliphatic rings. The van der Waals surface area contributed by atoms with Gasteiger partial charge in [0, 0.05) is 13.6 Å². The van der Waals surface area contributed by atoms with Crippen molar-refractivity contribution in [3.05, 3.63) is 45.1 Å². The fraction of sp³-hybridized carbons (Fsp3) is 0.444. The summed E-state index contributed by atoms with van der Waals surface area (Å²) in [7, 11) is 1.64. The minimum absolute atomic E-state index is 0.114.